The van der Waals surface area contributed by atoms with Crippen LogP contribution in [0.1, 0.15) is 60.0 Å². The Bertz CT molecular complexity index is 1100. The highest BCUT2D eigenvalue weighted by Gasteiger charge is 2.51. The molecule has 0 aliphatic heterocycles. The van der Waals surface area contributed by atoms with Gasteiger partial charge in [-0.25, -0.2) is 8.42 Å². The van der Waals surface area contributed by atoms with Crippen molar-refractivity contribution in [1.82, 2.24) is 5.32 Å². The van der Waals surface area contributed by atoms with Gasteiger partial charge in [-0.3, -0.25) is 9.52 Å². The average molecular weight is 439 g/mol. The van der Waals surface area contributed by atoms with Crippen LogP contribution < -0.4 is 10.0 Å². The zero-order valence-corrected chi connectivity index (χ0v) is 19.0. The number of amides is 1. The molecule has 5 nitrogen and oxygen atoms in total. The summed E-state index contributed by atoms with van der Waals surface area (Å²) in [4.78, 5) is 13.6. The quantitative estimate of drug-likeness (QED) is 0.704. The first-order valence-electron chi connectivity index (χ1n) is 11.2. The summed E-state index contributed by atoms with van der Waals surface area (Å²) in [6, 6.07) is 12.3. The third-order valence-electron chi connectivity index (χ3n) is 7.47. The van der Waals surface area contributed by atoms with E-state index >= 15 is 0 Å². The van der Waals surface area contributed by atoms with Crippen molar-refractivity contribution in [2.45, 2.75) is 62.8 Å². The molecule has 0 heterocycles. The number of carbonyl (C=O) groups excluding carboxylic acids is 1. The van der Waals surface area contributed by atoms with E-state index in [-0.39, 0.29) is 16.3 Å². The Kier molecular flexibility index (Phi) is 4.88. The molecule has 1 amide bonds. The Hall–Kier alpha value is -2.34. The zero-order valence-electron chi connectivity index (χ0n) is 18.1. The lowest BCUT2D eigenvalue weighted by Gasteiger charge is -2.56. The van der Waals surface area contributed by atoms with Crippen LogP contribution in [0.4, 0.5) is 5.69 Å². The van der Waals surface area contributed by atoms with Gasteiger partial charge < -0.3 is 5.32 Å². The van der Waals surface area contributed by atoms with Crippen LogP contribution in [-0.2, 0) is 10.0 Å². The number of hydrogen-bond donors (Lipinski definition) is 2. The summed E-state index contributed by atoms with van der Waals surface area (Å²) in [6.45, 7) is 3.64. The summed E-state index contributed by atoms with van der Waals surface area (Å²) in [7, 11) is -3.81. The molecule has 2 aromatic carbocycles. The van der Waals surface area contributed by atoms with Gasteiger partial charge in [0.2, 0.25) is 0 Å². The van der Waals surface area contributed by atoms with E-state index in [1.54, 1.807) is 43.3 Å². The van der Waals surface area contributed by atoms with Gasteiger partial charge in [0.25, 0.3) is 15.9 Å². The Balaban J connectivity index is 1.41. The zero-order chi connectivity index (χ0) is 21.8. The van der Waals surface area contributed by atoms with Crippen molar-refractivity contribution in [1.29, 1.82) is 0 Å². The molecule has 4 fully saturated rings. The summed E-state index contributed by atoms with van der Waals surface area (Å²) >= 11 is 0. The molecule has 164 valence electrons. The maximum Gasteiger partial charge on any atom is 0.262 e. The molecule has 0 saturated heterocycles. The van der Waals surface area contributed by atoms with Gasteiger partial charge in [-0.05, 0) is 99.5 Å². The largest absolute Gasteiger partial charge is 0.347 e. The molecule has 2 aromatic rings. The van der Waals surface area contributed by atoms with Gasteiger partial charge in [-0.1, -0.05) is 24.3 Å². The molecule has 6 heteroatoms. The van der Waals surface area contributed by atoms with Gasteiger partial charge in [0.15, 0.2) is 0 Å². The molecule has 4 saturated carbocycles. The molecule has 0 spiro atoms. The molecule has 0 unspecified atom stereocenters. The molecular formula is C25H30N2O3S. The topological polar surface area (TPSA) is 75.3 Å². The Morgan fingerprint density at radius 3 is 2.19 bits per heavy atom. The minimum Gasteiger partial charge on any atom is -0.347 e. The first-order valence-corrected chi connectivity index (χ1v) is 12.7. The summed E-state index contributed by atoms with van der Waals surface area (Å²) in [5.41, 5.74) is 2.13. The van der Waals surface area contributed by atoms with Crippen molar-refractivity contribution in [3.8, 4) is 0 Å². The van der Waals surface area contributed by atoms with Gasteiger partial charge >= 0.3 is 0 Å². The van der Waals surface area contributed by atoms with Gasteiger partial charge in [-0.15, -0.1) is 0 Å². The number of nitrogens with one attached hydrogen (secondary N) is 2. The molecule has 0 atom stereocenters. The van der Waals surface area contributed by atoms with Crippen LogP contribution in [0.3, 0.4) is 0 Å². The standard InChI is InChI=1S/C25H30N2O3S/c1-16-7-8-17(2)23(9-16)31(29,30)27-22-6-4-3-5-21(22)24(28)26-25-13-18-10-19(14-25)12-20(11-18)15-25/h3-9,18-20,27H,10-15H2,1-2H3,(H,26,28). The third-order valence-corrected chi connectivity index (χ3v) is 8.97. The number of anilines is 1. The highest BCUT2D eigenvalue weighted by Crippen LogP contribution is 2.55. The Morgan fingerprint density at radius 1 is 0.935 bits per heavy atom. The van der Waals surface area contributed by atoms with E-state index in [1.165, 1.54) is 19.3 Å². The van der Waals surface area contributed by atoms with Crippen molar-refractivity contribution in [2.75, 3.05) is 4.72 Å². The summed E-state index contributed by atoms with van der Waals surface area (Å²) in [5.74, 6) is 2.00. The number of rotatable bonds is 5. The lowest BCUT2D eigenvalue weighted by Crippen LogP contribution is -2.59. The molecule has 4 aliphatic rings. The van der Waals surface area contributed by atoms with E-state index in [0.29, 0.717) is 16.8 Å². The lowest BCUT2D eigenvalue weighted by molar-refractivity contribution is -0.0166. The molecule has 0 radical (unpaired) electrons. The van der Waals surface area contributed by atoms with Crippen LogP contribution in [0.25, 0.3) is 0 Å². The maximum absolute atomic E-state index is 13.3. The van der Waals surface area contributed by atoms with Gasteiger partial charge in [0.05, 0.1) is 16.1 Å². The van der Waals surface area contributed by atoms with Crippen molar-refractivity contribution in [3.63, 3.8) is 0 Å². The molecule has 4 aliphatic carbocycles. The van der Waals surface area contributed by atoms with E-state index in [1.807, 2.05) is 13.0 Å². The van der Waals surface area contributed by atoms with Crippen molar-refractivity contribution in [3.05, 3.63) is 59.2 Å². The van der Waals surface area contributed by atoms with Crippen LogP contribution >= 0.6 is 0 Å². The second-order valence-electron chi connectivity index (χ2n) is 10.1. The van der Waals surface area contributed by atoms with Crippen molar-refractivity contribution in [2.24, 2.45) is 17.8 Å². The van der Waals surface area contributed by atoms with E-state index in [9.17, 15) is 13.2 Å². The van der Waals surface area contributed by atoms with E-state index in [4.69, 9.17) is 0 Å². The highest BCUT2D eigenvalue weighted by atomic mass is 32.2. The molecule has 2 N–H and O–H groups in total. The number of para-hydroxylation sites is 1. The van der Waals surface area contributed by atoms with Gasteiger partial charge in [-0.2, -0.15) is 0 Å². The molecule has 31 heavy (non-hydrogen) atoms. The van der Waals surface area contributed by atoms with Crippen molar-refractivity contribution < 1.29 is 13.2 Å². The van der Waals surface area contributed by atoms with E-state index in [2.05, 4.69) is 10.0 Å². The fourth-order valence-corrected chi connectivity index (χ4v) is 7.95. The average Bonchev–Trinajstić information content (AvgIpc) is 2.68. The van der Waals surface area contributed by atoms with Crippen LogP contribution in [0.15, 0.2) is 47.4 Å². The van der Waals surface area contributed by atoms with E-state index in [0.717, 1.165) is 42.6 Å². The Labute approximate surface area is 184 Å². The minimum atomic E-state index is -3.81. The number of sulfonamides is 1. The fraction of sp³-hybridized carbons (Fsp3) is 0.480. The third kappa shape index (κ3) is 3.86. The summed E-state index contributed by atoms with van der Waals surface area (Å²) < 4.78 is 28.9. The van der Waals surface area contributed by atoms with Crippen LogP contribution in [0, 0.1) is 31.6 Å². The maximum atomic E-state index is 13.3. The minimum absolute atomic E-state index is 0.120. The molecule has 4 bridgehead atoms. The fourth-order valence-electron chi connectivity index (χ4n) is 6.54. The van der Waals surface area contributed by atoms with Crippen molar-refractivity contribution >= 4 is 21.6 Å². The number of carbonyl (C=O) groups is 1. The van der Waals surface area contributed by atoms with Crippen LogP contribution in [0.2, 0.25) is 0 Å². The summed E-state index contributed by atoms with van der Waals surface area (Å²) in [6.07, 6.45) is 7.09. The Morgan fingerprint density at radius 2 is 1.55 bits per heavy atom. The number of aryl methyl sites for hydroxylation is 2. The van der Waals surface area contributed by atoms with E-state index < -0.39 is 10.0 Å². The molecule has 6 rings (SSSR count). The second-order valence-corrected chi connectivity index (χ2v) is 11.7. The predicted molar refractivity (Wildman–Crippen MR) is 122 cm³/mol. The van der Waals surface area contributed by atoms with Crippen LogP contribution in [-0.4, -0.2) is 19.9 Å². The lowest BCUT2D eigenvalue weighted by atomic mass is 9.53. The first kappa shape index (κ1) is 20.6. The predicted octanol–water partition coefficient (Wildman–Crippen LogP) is 4.80. The first-order chi connectivity index (χ1) is 14.7. The normalized spacial score (nSPS) is 29.0. The SMILES string of the molecule is Cc1ccc(C)c(S(=O)(=O)Nc2ccccc2C(=O)NC23CC4CC(CC(C4)C2)C3)c1. The van der Waals surface area contributed by atoms with Gasteiger partial charge in [0.1, 0.15) is 0 Å². The molecule has 0 aromatic heterocycles. The summed E-state index contributed by atoms with van der Waals surface area (Å²) in [5, 5.41) is 3.35. The number of hydrogen-bond acceptors (Lipinski definition) is 3. The van der Waals surface area contributed by atoms with Crippen LogP contribution in [0.5, 0.6) is 0 Å². The second kappa shape index (κ2) is 7.37. The highest BCUT2D eigenvalue weighted by molar-refractivity contribution is 7.92. The molecular weight excluding hydrogens is 408 g/mol. The monoisotopic (exact) mass is 438 g/mol. The smallest absolute Gasteiger partial charge is 0.262 e. The van der Waals surface area contributed by atoms with Gasteiger partial charge in [0, 0.05) is 5.54 Å². The number of benzene rings is 2.